The van der Waals surface area contributed by atoms with Gasteiger partial charge >= 0.3 is 0 Å². The highest BCUT2D eigenvalue weighted by molar-refractivity contribution is 8.13. The van der Waals surface area contributed by atoms with Gasteiger partial charge in [-0.25, -0.2) is 8.42 Å². The molecule has 19 heavy (non-hydrogen) atoms. The van der Waals surface area contributed by atoms with Crippen LogP contribution in [-0.2, 0) is 14.5 Å². The Labute approximate surface area is 119 Å². The third kappa shape index (κ3) is 3.23. The van der Waals surface area contributed by atoms with Crippen molar-refractivity contribution in [2.45, 2.75) is 38.0 Å². The molecule has 106 valence electrons. The number of rotatable bonds is 4. The zero-order valence-corrected chi connectivity index (χ0v) is 12.9. The summed E-state index contributed by atoms with van der Waals surface area (Å²) in [6, 6.07) is 5.91. The number of benzene rings is 1. The second-order valence-corrected chi connectivity index (χ2v) is 8.15. The summed E-state index contributed by atoms with van der Waals surface area (Å²) in [4.78, 5) is 0. The molecule has 0 radical (unpaired) electrons. The van der Waals surface area contributed by atoms with Gasteiger partial charge in [0, 0.05) is 21.7 Å². The first-order valence-electron chi connectivity index (χ1n) is 6.44. The molecule has 5 heteroatoms. The standard InChI is InChI=1S/C14H19ClO3S/c1-11-5-6-13(18-2)12(9-11)14(7-3-4-8-14)10-19(15,16)17/h5-6,9H,3-4,7-8,10H2,1-2H3. The normalized spacial score (nSPS) is 18.5. The van der Waals surface area contributed by atoms with E-state index in [2.05, 4.69) is 0 Å². The van der Waals surface area contributed by atoms with E-state index in [0.29, 0.717) is 0 Å². The first kappa shape index (κ1) is 14.7. The van der Waals surface area contributed by atoms with Crippen LogP contribution in [0.1, 0.15) is 36.8 Å². The molecule has 0 bridgehead atoms. The number of methoxy groups -OCH3 is 1. The predicted octanol–water partition coefficient (Wildman–Crippen LogP) is 3.38. The van der Waals surface area contributed by atoms with Crippen molar-refractivity contribution in [3.8, 4) is 5.75 Å². The number of hydrogen-bond acceptors (Lipinski definition) is 3. The summed E-state index contributed by atoms with van der Waals surface area (Å²) in [5, 5.41) is 0. The second kappa shape index (κ2) is 5.33. The molecule has 1 aromatic rings. The van der Waals surface area contributed by atoms with Gasteiger partial charge in [0.15, 0.2) is 0 Å². The number of ether oxygens (including phenoxy) is 1. The van der Waals surface area contributed by atoms with Gasteiger partial charge in [-0.15, -0.1) is 0 Å². The van der Waals surface area contributed by atoms with Crippen molar-refractivity contribution in [3.05, 3.63) is 29.3 Å². The highest BCUT2D eigenvalue weighted by Gasteiger charge is 2.41. The van der Waals surface area contributed by atoms with E-state index in [9.17, 15) is 8.42 Å². The molecule has 0 aromatic heterocycles. The summed E-state index contributed by atoms with van der Waals surface area (Å²) in [7, 11) is 3.60. The van der Waals surface area contributed by atoms with Gasteiger partial charge in [0.1, 0.15) is 5.75 Å². The molecule has 0 N–H and O–H groups in total. The van der Waals surface area contributed by atoms with Gasteiger partial charge < -0.3 is 4.74 Å². The summed E-state index contributed by atoms with van der Waals surface area (Å²) >= 11 is 0. The number of halogens is 1. The van der Waals surface area contributed by atoms with Crippen molar-refractivity contribution in [1.29, 1.82) is 0 Å². The zero-order chi connectivity index (χ0) is 14.1. The monoisotopic (exact) mass is 302 g/mol. The van der Waals surface area contributed by atoms with Gasteiger partial charge in [0.25, 0.3) is 0 Å². The average Bonchev–Trinajstić information content (AvgIpc) is 2.76. The van der Waals surface area contributed by atoms with Gasteiger partial charge in [-0.2, -0.15) is 0 Å². The molecule has 0 saturated heterocycles. The Morgan fingerprint density at radius 1 is 1.32 bits per heavy atom. The molecular weight excluding hydrogens is 284 g/mol. The van der Waals surface area contributed by atoms with Crippen molar-refractivity contribution in [1.82, 2.24) is 0 Å². The Morgan fingerprint density at radius 3 is 2.47 bits per heavy atom. The van der Waals surface area contributed by atoms with E-state index < -0.39 is 14.5 Å². The van der Waals surface area contributed by atoms with Crippen LogP contribution >= 0.6 is 10.7 Å². The fourth-order valence-corrected chi connectivity index (χ4v) is 4.84. The first-order chi connectivity index (χ1) is 8.86. The van der Waals surface area contributed by atoms with E-state index >= 15 is 0 Å². The van der Waals surface area contributed by atoms with Crippen LogP contribution in [0.15, 0.2) is 18.2 Å². The van der Waals surface area contributed by atoms with E-state index in [0.717, 1.165) is 42.6 Å². The SMILES string of the molecule is COc1ccc(C)cc1C1(CS(=O)(=O)Cl)CCCC1. The highest BCUT2D eigenvalue weighted by Crippen LogP contribution is 2.46. The van der Waals surface area contributed by atoms with Gasteiger partial charge in [-0.05, 0) is 25.8 Å². The largest absolute Gasteiger partial charge is 0.496 e. The topological polar surface area (TPSA) is 43.4 Å². The molecule has 2 rings (SSSR count). The van der Waals surface area contributed by atoms with Crippen molar-refractivity contribution in [2.75, 3.05) is 12.9 Å². The Balaban J connectivity index is 2.53. The third-order valence-corrected chi connectivity index (χ3v) is 5.16. The fraction of sp³-hybridized carbons (Fsp3) is 0.571. The van der Waals surface area contributed by atoms with Crippen molar-refractivity contribution < 1.29 is 13.2 Å². The van der Waals surface area contributed by atoms with Crippen LogP contribution in [0.2, 0.25) is 0 Å². The van der Waals surface area contributed by atoms with Crippen LogP contribution in [0.4, 0.5) is 0 Å². The van der Waals surface area contributed by atoms with Crippen LogP contribution in [-0.4, -0.2) is 21.3 Å². The van der Waals surface area contributed by atoms with E-state index in [1.54, 1.807) is 7.11 Å². The maximum absolute atomic E-state index is 11.6. The maximum atomic E-state index is 11.6. The molecule has 1 aliphatic carbocycles. The second-order valence-electron chi connectivity index (χ2n) is 5.37. The quantitative estimate of drug-likeness (QED) is 0.801. The molecule has 3 nitrogen and oxygen atoms in total. The molecule has 0 unspecified atom stereocenters. The van der Waals surface area contributed by atoms with E-state index in [1.165, 1.54) is 0 Å². The smallest absolute Gasteiger partial charge is 0.233 e. The summed E-state index contributed by atoms with van der Waals surface area (Å²) in [6.45, 7) is 2.00. The number of hydrogen-bond donors (Lipinski definition) is 0. The molecule has 0 amide bonds. The average molecular weight is 303 g/mol. The van der Waals surface area contributed by atoms with E-state index in [4.69, 9.17) is 15.4 Å². The molecule has 0 heterocycles. The van der Waals surface area contributed by atoms with Gasteiger partial charge in [0.2, 0.25) is 9.05 Å². The summed E-state index contributed by atoms with van der Waals surface area (Å²) in [5.74, 6) is 0.745. The maximum Gasteiger partial charge on any atom is 0.233 e. The van der Waals surface area contributed by atoms with E-state index in [-0.39, 0.29) is 5.75 Å². The zero-order valence-electron chi connectivity index (χ0n) is 11.3. The minimum atomic E-state index is -3.54. The van der Waals surface area contributed by atoms with Crippen molar-refractivity contribution >= 4 is 19.7 Å². The Hall–Kier alpha value is -0.740. The lowest BCUT2D eigenvalue weighted by molar-refractivity contribution is 0.386. The Kier molecular flexibility index (Phi) is 4.11. The summed E-state index contributed by atoms with van der Waals surface area (Å²) < 4.78 is 28.6. The van der Waals surface area contributed by atoms with Crippen LogP contribution in [0, 0.1) is 6.92 Å². The summed E-state index contributed by atoms with van der Waals surface area (Å²) in [5.41, 5.74) is 1.70. The predicted molar refractivity (Wildman–Crippen MR) is 77.5 cm³/mol. The van der Waals surface area contributed by atoms with Crippen LogP contribution in [0.5, 0.6) is 5.75 Å². The van der Waals surface area contributed by atoms with Crippen molar-refractivity contribution in [2.24, 2.45) is 0 Å². The van der Waals surface area contributed by atoms with Crippen LogP contribution in [0.3, 0.4) is 0 Å². The lowest BCUT2D eigenvalue weighted by Crippen LogP contribution is -2.30. The van der Waals surface area contributed by atoms with Crippen molar-refractivity contribution in [3.63, 3.8) is 0 Å². The molecule has 0 spiro atoms. The molecule has 1 aromatic carbocycles. The Morgan fingerprint density at radius 2 is 1.95 bits per heavy atom. The lowest BCUT2D eigenvalue weighted by Gasteiger charge is -2.30. The first-order valence-corrected chi connectivity index (χ1v) is 8.92. The van der Waals surface area contributed by atoms with E-state index in [1.807, 2.05) is 25.1 Å². The lowest BCUT2D eigenvalue weighted by atomic mass is 9.79. The third-order valence-electron chi connectivity index (χ3n) is 3.94. The van der Waals surface area contributed by atoms with Crippen LogP contribution in [0.25, 0.3) is 0 Å². The highest BCUT2D eigenvalue weighted by atomic mass is 35.7. The molecule has 0 atom stereocenters. The van der Waals surface area contributed by atoms with Gasteiger partial charge in [-0.1, -0.05) is 30.5 Å². The molecule has 1 fully saturated rings. The summed E-state index contributed by atoms with van der Waals surface area (Å²) in [6.07, 6.45) is 3.75. The molecule has 1 aliphatic rings. The molecule has 0 aliphatic heterocycles. The Bertz CT molecular complexity index is 560. The molecular formula is C14H19ClO3S. The van der Waals surface area contributed by atoms with Crippen LogP contribution < -0.4 is 4.74 Å². The van der Waals surface area contributed by atoms with Gasteiger partial charge in [-0.3, -0.25) is 0 Å². The fourth-order valence-electron chi connectivity index (χ4n) is 3.11. The molecule has 1 saturated carbocycles. The minimum Gasteiger partial charge on any atom is -0.496 e. The van der Waals surface area contributed by atoms with Gasteiger partial charge in [0.05, 0.1) is 12.9 Å². The number of aryl methyl sites for hydroxylation is 1. The minimum absolute atomic E-state index is 0.0125.